The summed E-state index contributed by atoms with van der Waals surface area (Å²) in [6.07, 6.45) is 2.83. The summed E-state index contributed by atoms with van der Waals surface area (Å²) in [5.74, 6) is 0.923. The molecule has 52 valence electrons. The van der Waals surface area contributed by atoms with Gasteiger partial charge < -0.3 is 0 Å². The molecule has 3 nitrogen and oxygen atoms in total. The molecule has 0 bridgehead atoms. The van der Waals surface area contributed by atoms with Crippen molar-refractivity contribution in [3.63, 3.8) is 0 Å². The van der Waals surface area contributed by atoms with Crippen molar-refractivity contribution in [3.8, 4) is 0 Å². The highest BCUT2D eigenvalue weighted by Gasteiger charge is 1.99. The molecule has 0 aromatic carbocycles. The van der Waals surface area contributed by atoms with E-state index in [-0.39, 0.29) is 0 Å². The third-order valence-electron chi connectivity index (χ3n) is 1.34. The first kappa shape index (κ1) is 5.85. The summed E-state index contributed by atoms with van der Waals surface area (Å²) in [5.41, 5.74) is 0. The molecule has 4 heteroatoms. The highest BCUT2D eigenvalue weighted by atomic mass is 32.1. The summed E-state index contributed by atoms with van der Waals surface area (Å²) in [6.45, 7) is 2.06. The van der Waals surface area contributed by atoms with Crippen molar-refractivity contribution in [2.24, 2.45) is 0 Å². The Bertz CT molecular complexity index is 307. The number of hydrogen-bond acceptors (Lipinski definition) is 3. The summed E-state index contributed by atoms with van der Waals surface area (Å²) < 4.78 is 1.81. The third-order valence-corrected chi connectivity index (χ3v) is 2.08. The summed E-state index contributed by atoms with van der Waals surface area (Å²) >= 11 is 1.61. The quantitative estimate of drug-likeness (QED) is 0.619. The molecule has 2 rings (SSSR count). The molecule has 0 saturated carbocycles. The predicted octanol–water partition coefficient (Wildman–Crippen LogP) is 1.35. The zero-order valence-corrected chi connectivity index (χ0v) is 6.43. The van der Waals surface area contributed by atoms with E-state index in [0.29, 0.717) is 0 Å². The van der Waals surface area contributed by atoms with Crippen molar-refractivity contribution in [2.45, 2.75) is 13.3 Å². The number of aromatic nitrogens is 3. The zero-order chi connectivity index (χ0) is 6.97. The summed E-state index contributed by atoms with van der Waals surface area (Å²) in [6, 6.07) is 0. The maximum absolute atomic E-state index is 4.26. The topological polar surface area (TPSA) is 30.2 Å². The van der Waals surface area contributed by atoms with Crippen LogP contribution in [-0.4, -0.2) is 14.6 Å². The molecule has 0 aliphatic heterocycles. The van der Waals surface area contributed by atoms with Gasteiger partial charge in [-0.05, 0) is 0 Å². The summed E-state index contributed by atoms with van der Waals surface area (Å²) in [7, 11) is 0. The SMILES string of the molecule is CCc1nc2sccn2n1. The van der Waals surface area contributed by atoms with Crippen LogP contribution in [0.2, 0.25) is 0 Å². The van der Waals surface area contributed by atoms with Gasteiger partial charge in [-0.1, -0.05) is 6.92 Å². The van der Waals surface area contributed by atoms with Crippen molar-refractivity contribution in [1.29, 1.82) is 0 Å². The Morgan fingerprint density at radius 3 is 3.30 bits per heavy atom. The van der Waals surface area contributed by atoms with Gasteiger partial charge in [-0.3, -0.25) is 0 Å². The molecule has 2 aromatic heterocycles. The third kappa shape index (κ3) is 0.724. The summed E-state index contributed by atoms with van der Waals surface area (Å²) in [4.78, 5) is 5.24. The van der Waals surface area contributed by atoms with Crippen LogP contribution in [0.5, 0.6) is 0 Å². The molecule has 0 N–H and O–H groups in total. The van der Waals surface area contributed by atoms with Crippen LogP contribution in [0.25, 0.3) is 4.96 Å². The van der Waals surface area contributed by atoms with Gasteiger partial charge in [-0.15, -0.1) is 11.3 Å². The van der Waals surface area contributed by atoms with Crippen molar-refractivity contribution < 1.29 is 0 Å². The van der Waals surface area contributed by atoms with E-state index in [4.69, 9.17) is 0 Å². The molecule has 0 spiro atoms. The molecule has 0 amide bonds. The maximum Gasteiger partial charge on any atom is 0.212 e. The Labute approximate surface area is 62.3 Å². The van der Waals surface area contributed by atoms with Crippen LogP contribution < -0.4 is 0 Å². The van der Waals surface area contributed by atoms with Gasteiger partial charge in [0.2, 0.25) is 4.96 Å². The number of rotatable bonds is 1. The molecule has 2 heterocycles. The van der Waals surface area contributed by atoms with Crippen LogP contribution in [0.4, 0.5) is 0 Å². The molecule has 0 radical (unpaired) electrons. The molecule has 2 aromatic rings. The van der Waals surface area contributed by atoms with Crippen LogP contribution in [0, 0.1) is 0 Å². The Balaban J connectivity index is 2.67. The van der Waals surface area contributed by atoms with Gasteiger partial charge in [0.1, 0.15) is 0 Å². The normalized spacial score (nSPS) is 10.9. The van der Waals surface area contributed by atoms with Gasteiger partial charge >= 0.3 is 0 Å². The average Bonchev–Trinajstić information content (AvgIpc) is 2.42. The first-order valence-electron chi connectivity index (χ1n) is 3.19. The number of thiazole rings is 1. The minimum absolute atomic E-state index is 0.911. The van der Waals surface area contributed by atoms with E-state index in [1.807, 2.05) is 16.1 Å². The second-order valence-corrected chi connectivity index (χ2v) is 2.88. The number of fused-ring (bicyclic) bond motifs is 1. The maximum atomic E-state index is 4.26. The Hall–Kier alpha value is -0.900. The van der Waals surface area contributed by atoms with Crippen LogP contribution in [0.3, 0.4) is 0 Å². The number of aryl methyl sites for hydroxylation is 1. The second-order valence-electron chi connectivity index (χ2n) is 2.01. The molecule has 0 atom stereocenters. The highest BCUT2D eigenvalue weighted by Crippen LogP contribution is 2.07. The number of hydrogen-bond donors (Lipinski definition) is 0. The standard InChI is InChI=1S/C6H7N3S/c1-2-5-7-6-9(8-5)3-4-10-6/h3-4H,2H2,1H3. The lowest BCUT2D eigenvalue weighted by Gasteiger charge is -1.77. The molecule has 0 saturated heterocycles. The van der Waals surface area contributed by atoms with Crippen LogP contribution in [-0.2, 0) is 6.42 Å². The van der Waals surface area contributed by atoms with Crippen LogP contribution in [0.1, 0.15) is 12.7 Å². The minimum atomic E-state index is 0.911. The largest absolute Gasteiger partial charge is 0.212 e. The summed E-state index contributed by atoms with van der Waals surface area (Å²) in [5, 5.41) is 6.19. The van der Waals surface area contributed by atoms with Crippen LogP contribution in [0.15, 0.2) is 11.6 Å². The first-order valence-corrected chi connectivity index (χ1v) is 4.07. The van der Waals surface area contributed by atoms with Gasteiger partial charge in [-0.2, -0.15) is 5.10 Å². The minimum Gasteiger partial charge on any atom is -0.211 e. The second kappa shape index (κ2) is 2.05. The highest BCUT2D eigenvalue weighted by molar-refractivity contribution is 7.15. The van der Waals surface area contributed by atoms with E-state index in [0.717, 1.165) is 17.2 Å². The molecule has 0 aliphatic rings. The van der Waals surface area contributed by atoms with E-state index >= 15 is 0 Å². The van der Waals surface area contributed by atoms with Crippen molar-refractivity contribution in [1.82, 2.24) is 14.6 Å². The lowest BCUT2D eigenvalue weighted by Crippen LogP contribution is -1.83. The van der Waals surface area contributed by atoms with Gasteiger partial charge in [0, 0.05) is 18.0 Å². The fourth-order valence-corrected chi connectivity index (χ4v) is 1.49. The average molecular weight is 153 g/mol. The smallest absolute Gasteiger partial charge is 0.211 e. The molecule has 0 fully saturated rings. The Morgan fingerprint density at radius 2 is 2.60 bits per heavy atom. The van der Waals surface area contributed by atoms with Gasteiger partial charge in [0.15, 0.2) is 5.82 Å². The van der Waals surface area contributed by atoms with E-state index in [1.165, 1.54) is 0 Å². The van der Waals surface area contributed by atoms with Crippen molar-refractivity contribution in [2.75, 3.05) is 0 Å². The Kier molecular flexibility index (Phi) is 1.20. The van der Waals surface area contributed by atoms with E-state index < -0.39 is 0 Å². The Morgan fingerprint density at radius 1 is 1.70 bits per heavy atom. The van der Waals surface area contributed by atoms with Gasteiger partial charge in [0.25, 0.3) is 0 Å². The predicted molar refractivity (Wildman–Crippen MR) is 40.2 cm³/mol. The van der Waals surface area contributed by atoms with E-state index in [2.05, 4.69) is 17.0 Å². The lowest BCUT2D eigenvalue weighted by molar-refractivity contribution is 0.891. The molecular formula is C6H7N3S. The van der Waals surface area contributed by atoms with E-state index in [9.17, 15) is 0 Å². The zero-order valence-electron chi connectivity index (χ0n) is 5.61. The lowest BCUT2D eigenvalue weighted by atomic mass is 10.5. The number of nitrogens with zero attached hydrogens (tertiary/aromatic N) is 3. The molecule has 0 aliphatic carbocycles. The van der Waals surface area contributed by atoms with Crippen molar-refractivity contribution >= 4 is 16.3 Å². The van der Waals surface area contributed by atoms with Gasteiger partial charge in [0.05, 0.1) is 0 Å². The van der Waals surface area contributed by atoms with Gasteiger partial charge in [-0.25, -0.2) is 9.50 Å². The molecule has 0 unspecified atom stereocenters. The monoisotopic (exact) mass is 153 g/mol. The molecule has 10 heavy (non-hydrogen) atoms. The van der Waals surface area contributed by atoms with Crippen molar-refractivity contribution in [3.05, 3.63) is 17.4 Å². The fraction of sp³-hybridized carbons (Fsp3) is 0.333. The first-order chi connectivity index (χ1) is 4.90. The fourth-order valence-electron chi connectivity index (χ4n) is 0.827. The molecular weight excluding hydrogens is 146 g/mol. The van der Waals surface area contributed by atoms with Crippen LogP contribution >= 0.6 is 11.3 Å². The van der Waals surface area contributed by atoms with E-state index in [1.54, 1.807) is 11.3 Å².